The molecule has 1 N–H and O–H groups in total. The van der Waals surface area contributed by atoms with E-state index in [2.05, 4.69) is 11.4 Å². The Kier molecular flexibility index (Phi) is 7.30. The maximum absolute atomic E-state index is 13.4. The van der Waals surface area contributed by atoms with Crippen LogP contribution in [0.15, 0.2) is 60.2 Å². The van der Waals surface area contributed by atoms with Gasteiger partial charge >= 0.3 is 6.03 Å². The first-order chi connectivity index (χ1) is 16.5. The Morgan fingerprint density at radius 2 is 1.79 bits per heavy atom. The van der Waals surface area contributed by atoms with Gasteiger partial charge in [-0.3, -0.25) is 9.59 Å². The van der Waals surface area contributed by atoms with Gasteiger partial charge in [0, 0.05) is 12.2 Å². The van der Waals surface area contributed by atoms with E-state index in [-0.39, 0.29) is 24.3 Å². The summed E-state index contributed by atoms with van der Waals surface area (Å²) in [6.07, 6.45) is 7.30. The Bertz CT molecular complexity index is 1080. The van der Waals surface area contributed by atoms with Crippen LogP contribution >= 0.6 is 0 Å². The Morgan fingerprint density at radius 3 is 2.44 bits per heavy atom. The number of aryl methyl sites for hydroxylation is 1. The van der Waals surface area contributed by atoms with Crippen LogP contribution in [0.4, 0.5) is 16.2 Å². The molecule has 7 nitrogen and oxygen atoms in total. The van der Waals surface area contributed by atoms with Crippen LogP contribution in [0.2, 0.25) is 0 Å². The summed E-state index contributed by atoms with van der Waals surface area (Å²) in [5.74, 6) is 0.00631. The molecule has 0 spiro atoms. The van der Waals surface area contributed by atoms with Crippen molar-refractivity contribution < 1.29 is 19.1 Å². The molecule has 0 radical (unpaired) electrons. The number of hydrogen-bond donors (Lipinski definition) is 1. The molecule has 4 amide bonds. The van der Waals surface area contributed by atoms with Gasteiger partial charge in [0.1, 0.15) is 11.8 Å². The number of benzene rings is 2. The lowest BCUT2D eigenvalue weighted by Crippen LogP contribution is -2.38. The molecule has 1 aliphatic heterocycles. The second-order valence-electron chi connectivity index (χ2n) is 8.84. The van der Waals surface area contributed by atoms with E-state index in [1.807, 2.05) is 19.1 Å². The lowest BCUT2D eigenvalue weighted by atomic mass is 9.97. The fourth-order valence-electron chi connectivity index (χ4n) is 4.48. The Labute approximate surface area is 200 Å². The van der Waals surface area contributed by atoms with E-state index in [0.717, 1.165) is 31.2 Å². The van der Waals surface area contributed by atoms with Gasteiger partial charge in [0.25, 0.3) is 5.91 Å². The van der Waals surface area contributed by atoms with Crippen molar-refractivity contribution in [1.29, 1.82) is 0 Å². The minimum absolute atomic E-state index is 0.0992. The summed E-state index contributed by atoms with van der Waals surface area (Å²) < 4.78 is 5.15. The Hall–Kier alpha value is -3.61. The van der Waals surface area contributed by atoms with Gasteiger partial charge in [0.2, 0.25) is 5.91 Å². The summed E-state index contributed by atoms with van der Waals surface area (Å²) >= 11 is 0. The highest BCUT2D eigenvalue weighted by atomic mass is 16.5. The zero-order valence-corrected chi connectivity index (χ0v) is 19.8. The number of carbonyl (C=O) groups is 3. The van der Waals surface area contributed by atoms with Crippen molar-refractivity contribution >= 4 is 29.2 Å². The van der Waals surface area contributed by atoms with E-state index in [1.165, 1.54) is 16.9 Å². The van der Waals surface area contributed by atoms with Crippen molar-refractivity contribution in [1.82, 2.24) is 4.90 Å². The van der Waals surface area contributed by atoms with Crippen molar-refractivity contribution in [2.24, 2.45) is 0 Å². The molecule has 0 aromatic heterocycles. The first-order valence-electron chi connectivity index (χ1n) is 11.8. The molecule has 2 aromatic rings. The summed E-state index contributed by atoms with van der Waals surface area (Å²) in [5, 5.41) is 2.83. The fraction of sp³-hybridized carbons (Fsp3) is 0.370. The number of amides is 4. The number of hydrogen-bond acceptors (Lipinski definition) is 4. The molecule has 1 aliphatic carbocycles. The predicted molar refractivity (Wildman–Crippen MR) is 132 cm³/mol. The largest absolute Gasteiger partial charge is 0.497 e. The maximum atomic E-state index is 13.4. The van der Waals surface area contributed by atoms with Crippen LogP contribution in [-0.2, 0) is 9.59 Å². The highest BCUT2D eigenvalue weighted by molar-refractivity contribution is 6.22. The van der Waals surface area contributed by atoms with E-state index in [9.17, 15) is 14.4 Å². The Morgan fingerprint density at radius 1 is 1.06 bits per heavy atom. The van der Waals surface area contributed by atoms with Crippen molar-refractivity contribution in [2.75, 3.05) is 23.9 Å². The molecule has 1 saturated heterocycles. The topological polar surface area (TPSA) is 79.0 Å². The second-order valence-corrected chi connectivity index (χ2v) is 8.84. The van der Waals surface area contributed by atoms with Crippen molar-refractivity contribution in [3.63, 3.8) is 0 Å². The fourth-order valence-corrected chi connectivity index (χ4v) is 4.48. The second kappa shape index (κ2) is 10.5. The molecule has 1 heterocycles. The van der Waals surface area contributed by atoms with Crippen LogP contribution in [0, 0.1) is 6.92 Å². The predicted octanol–water partition coefficient (Wildman–Crippen LogP) is 5.06. The molecular weight excluding hydrogens is 430 g/mol. The van der Waals surface area contributed by atoms with E-state index in [1.54, 1.807) is 48.4 Å². The van der Waals surface area contributed by atoms with Crippen LogP contribution in [0.3, 0.4) is 0 Å². The van der Waals surface area contributed by atoms with Gasteiger partial charge in [-0.1, -0.05) is 29.3 Å². The number of urea groups is 1. The molecule has 178 valence electrons. The molecule has 1 atom stereocenters. The minimum atomic E-state index is -0.837. The third-order valence-corrected chi connectivity index (χ3v) is 6.42. The number of allylic oxidation sites excluding steroid dienone is 1. The van der Waals surface area contributed by atoms with Gasteiger partial charge < -0.3 is 15.0 Å². The third kappa shape index (κ3) is 5.30. The highest BCUT2D eigenvalue weighted by Crippen LogP contribution is 2.29. The van der Waals surface area contributed by atoms with Crippen molar-refractivity contribution in [2.45, 2.75) is 51.5 Å². The first-order valence-corrected chi connectivity index (χ1v) is 11.8. The van der Waals surface area contributed by atoms with E-state index in [4.69, 9.17) is 4.74 Å². The lowest BCUT2D eigenvalue weighted by molar-refractivity contribution is -0.124. The number of ether oxygens (including phenoxy) is 1. The van der Waals surface area contributed by atoms with Crippen LogP contribution in [0.1, 0.15) is 44.1 Å². The molecule has 2 aromatic carbocycles. The molecule has 1 fully saturated rings. The lowest BCUT2D eigenvalue weighted by Gasteiger charge is -2.23. The average molecular weight is 462 g/mol. The average Bonchev–Trinajstić information content (AvgIpc) is 3.08. The summed E-state index contributed by atoms with van der Waals surface area (Å²) in [7, 11) is 1.58. The molecule has 2 aliphatic rings. The molecule has 1 unspecified atom stereocenters. The van der Waals surface area contributed by atoms with Gasteiger partial charge in [-0.25, -0.2) is 9.69 Å². The molecule has 0 bridgehead atoms. The minimum Gasteiger partial charge on any atom is -0.497 e. The first kappa shape index (κ1) is 23.5. The van der Waals surface area contributed by atoms with Gasteiger partial charge in [-0.05, 0) is 75.4 Å². The van der Waals surface area contributed by atoms with Crippen LogP contribution in [0.5, 0.6) is 5.75 Å². The van der Waals surface area contributed by atoms with Crippen LogP contribution < -0.4 is 15.0 Å². The molecule has 4 rings (SSSR count). The zero-order chi connectivity index (χ0) is 24.1. The summed E-state index contributed by atoms with van der Waals surface area (Å²) in [6.45, 7) is 2.37. The monoisotopic (exact) mass is 461 g/mol. The number of nitrogens with zero attached hydrogens (tertiary/aromatic N) is 2. The quantitative estimate of drug-likeness (QED) is 0.440. The number of imide groups is 1. The number of nitrogens with one attached hydrogen (secondary N) is 1. The molecule has 0 saturated carbocycles. The molecule has 7 heteroatoms. The van der Waals surface area contributed by atoms with Crippen LogP contribution in [0.25, 0.3) is 0 Å². The summed E-state index contributed by atoms with van der Waals surface area (Å²) in [4.78, 5) is 42.4. The number of rotatable bonds is 8. The Balaban J connectivity index is 1.52. The maximum Gasteiger partial charge on any atom is 0.332 e. The van der Waals surface area contributed by atoms with E-state index >= 15 is 0 Å². The van der Waals surface area contributed by atoms with Gasteiger partial charge in [0.15, 0.2) is 0 Å². The van der Waals surface area contributed by atoms with Crippen molar-refractivity contribution in [3.8, 4) is 5.75 Å². The van der Waals surface area contributed by atoms with Crippen molar-refractivity contribution in [3.05, 3.63) is 65.7 Å². The normalized spacial score (nSPS) is 18.2. The van der Waals surface area contributed by atoms with Gasteiger partial charge in [-0.2, -0.15) is 0 Å². The van der Waals surface area contributed by atoms with E-state index < -0.39 is 6.04 Å². The number of methoxy groups -OCH3 is 1. The van der Waals surface area contributed by atoms with E-state index in [0.29, 0.717) is 23.7 Å². The third-order valence-electron chi connectivity index (χ3n) is 6.42. The zero-order valence-electron chi connectivity index (χ0n) is 19.8. The number of anilines is 2. The molecule has 34 heavy (non-hydrogen) atoms. The van der Waals surface area contributed by atoms with Crippen LogP contribution in [-0.4, -0.2) is 42.4 Å². The number of carbonyl (C=O) groups excluding carboxylic acids is 3. The highest BCUT2D eigenvalue weighted by Gasteiger charge is 2.46. The standard InChI is InChI=1S/C27H31N3O4/c1-19-8-12-22(13-9-19)30-26(32)24(18-25(31)28-21-10-14-23(34-2)15-11-21)29(27(30)33)17-16-20-6-4-3-5-7-20/h6,8-15,24H,3-5,7,16-18H2,1-2H3,(H,28,31). The summed E-state index contributed by atoms with van der Waals surface area (Å²) in [5.41, 5.74) is 3.50. The van der Waals surface area contributed by atoms with Gasteiger partial charge in [0.05, 0.1) is 19.2 Å². The molecular formula is C27H31N3O4. The smallest absolute Gasteiger partial charge is 0.332 e. The van der Waals surface area contributed by atoms with Gasteiger partial charge in [-0.15, -0.1) is 0 Å². The SMILES string of the molecule is COc1ccc(NC(=O)CC2C(=O)N(c3ccc(C)cc3)C(=O)N2CCC2=CCCCC2)cc1. The summed E-state index contributed by atoms with van der Waals surface area (Å²) in [6, 6.07) is 13.1.